The lowest BCUT2D eigenvalue weighted by Gasteiger charge is -2.69. The maximum Gasteiger partial charge on any atom is 0.249 e. The third-order valence-electron chi connectivity index (χ3n) is 7.17. The number of nitrogens with zero attached hydrogens (tertiary/aromatic N) is 5. The van der Waals surface area contributed by atoms with Gasteiger partial charge in [-0.15, -0.1) is 0 Å². The fourth-order valence-electron chi connectivity index (χ4n) is 5.96. The number of rotatable bonds is 4. The molecule has 7 rings (SSSR count). The minimum Gasteiger partial charge on any atom is -0.272 e. The molecule has 1 aliphatic heterocycles. The molecule has 1 atom stereocenters. The van der Waals surface area contributed by atoms with Crippen LogP contribution in [-0.4, -0.2) is 26.9 Å². The molecule has 0 N–H and O–H groups in total. The molecule has 8 heteroatoms. The van der Waals surface area contributed by atoms with Crippen molar-refractivity contribution in [1.82, 2.24) is 14.8 Å². The molecule has 0 spiro atoms. The summed E-state index contributed by atoms with van der Waals surface area (Å²) in [7, 11) is 0. The Labute approximate surface area is 182 Å². The number of para-hydroxylation sites is 1. The van der Waals surface area contributed by atoms with Crippen molar-refractivity contribution >= 4 is 23.0 Å². The van der Waals surface area contributed by atoms with Crippen LogP contribution < -0.4 is 0 Å². The van der Waals surface area contributed by atoms with E-state index in [9.17, 15) is 18.8 Å². The lowest BCUT2D eigenvalue weighted by atomic mass is 9.34. The van der Waals surface area contributed by atoms with Gasteiger partial charge in [-0.2, -0.15) is 15.5 Å². The zero-order valence-electron chi connectivity index (χ0n) is 17.1. The summed E-state index contributed by atoms with van der Waals surface area (Å²) in [5.41, 5.74) is 1.36. The van der Waals surface area contributed by atoms with Gasteiger partial charge in [-0.1, -0.05) is 12.1 Å². The van der Waals surface area contributed by atoms with Crippen LogP contribution in [0, 0.1) is 33.8 Å². The van der Waals surface area contributed by atoms with E-state index in [1.807, 2.05) is 16.8 Å². The van der Waals surface area contributed by atoms with E-state index in [0.717, 1.165) is 36.2 Å². The lowest BCUT2D eigenvalue weighted by Crippen LogP contribution is -2.68. The first kappa shape index (κ1) is 19.1. The van der Waals surface area contributed by atoms with Crippen LogP contribution in [0.5, 0.6) is 0 Å². The van der Waals surface area contributed by atoms with Crippen molar-refractivity contribution < 1.29 is 13.6 Å². The first-order valence-electron chi connectivity index (χ1n) is 10.6. The quantitative estimate of drug-likeness (QED) is 0.618. The second kappa shape index (κ2) is 6.45. The van der Waals surface area contributed by atoms with Gasteiger partial charge in [0.15, 0.2) is 0 Å². The highest BCUT2D eigenvalue weighted by atomic mass is 19.1. The van der Waals surface area contributed by atoms with Gasteiger partial charge in [0.2, 0.25) is 5.91 Å². The van der Waals surface area contributed by atoms with Crippen LogP contribution >= 0.6 is 0 Å². The SMILES string of the molecule is N#Cc1cccc2cnn(CC34CC(C(=O)N5N=CCC5c5cc(F)cc(F)c5)(C3)C4)c12. The van der Waals surface area contributed by atoms with Gasteiger partial charge in [-0.3, -0.25) is 9.48 Å². The summed E-state index contributed by atoms with van der Waals surface area (Å²) in [4.78, 5) is 13.4. The Kier molecular flexibility index (Phi) is 3.85. The normalized spacial score (nSPS) is 27.8. The van der Waals surface area contributed by atoms with Gasteiger partial charge in [-0.25, -0.2) is 13.8 Å². The van der Waals surface area contributed by atoms with Crippen molar-refractivity contribution in [3.63, 3.8) is 0 Å². The molecule has 6 nitrogen and oxygen atoms in total. The highest BCUT2D eigenvalue weighted by molar-refractivity contribution is 5.88. The smallest absolute Gasteiger partial charge is 0.249 e. The zero-order chi connectivity index (χ0) is 22.1. The Hall–Kier alpha value is -3.60. The molecule has 4 aliphatic rings. The molecule has 2 bridgehead atoms. The van der Waals surface area contributed by atoms with Crippen LogP contribution in [0.3, 0.4) is 0 Å². The Morgan fingerprint density at radius 3 is 2.66 bits per heavy atom. The van der Waals surface area contributed by atoms with Crippen LogP contribution in [0.4, 0.5) is 8.78 Å². The second-order valence-corrected chi connectivity index (χ2v) is 9.37. The lowest BCUT2D eigenvalue weighted by molar-refractivity contribution is -0.223. The van der Waals surface area contributed by atoms with Gasteiger partial charge in [0, 0.05) is 30.6 Å². The third kappa shape index (κ3) is 2.63. The number of hydrazone groups is 1. The number of hydrogen-bond donors (Lipinski definition) is 0. The molecule has 2 heterocycles. The molecule has 32 heavy (non-hydrogen) atoms. The number of carbonyl (C=O) groups excluding carboxylic acids is 1. The number of aromatic nitrogens is 2. The van der Waals surface area contributed by atoms with Gasteiger partial charge < -0.3 is 0 Å². The van der Waals surface area contributed by atoms with Crippen molar-refractivity contribution in [2.45, 2.75) is 38.3 Å². The molecule has 1 unspecified atom stereocenters. The van der Waals surface area contributed by atoms with Gasteiger partial charge in [0.1, 0.15) is 17.7 Å². The fraction of sp³-hybridized carbons (Fsp3) is 0.333. The number of halogens is 2. The van der Waals surface area contributed by atoms with E-state index in [2.05, 4.69) is 16.3 Å². The molecule has 160 valence electrons. The van der Waals surface area contributed by atoms with E-state index >= 15 is 0 Å². The summed E-state index contributed by atoms with van der Waals surface area (Å²) in [5, 5.41) is 20.5. The van der Waals surface area contributed by atoms with Crippen molar-refractivity contribution in [2.75, 3.05) is 0 Å². The maximum absolute atomic E-state index is 13.7. The Bertz CT molecular complexity index is 1310. The number of carbonyl (C=O) groups is 1. The maximum atomic E-state index is 13.7. The standard InChI is InChI=1S/C24H19F2N5O/c25-18-6-17(7-19(26)8-18)20-4-5-28-31(20)22(32)24-11-23(12-24,13-24)14-30-21-15(9-27)2-1-3-16(21)10-29-30/h1-3,5-8,10,20H,4,11-14H2. The second-order valence-electron chi connectivity index (χ2n) is 9.37. The molecule has 3 aromatic rings. The minimum absolute atomic E-state index is 0.0128. The van der Waals surface area contributed by atoms with Crippen LogP contribution in [0.15, 0.2) is 47.7 Å². The third-order valence-corrected chi connectivity index (χ3v) is 7.17. The van der Waals surface area contributed by atoms with Gasteiger partial charge in [-0.05, 0) is 48.4 Å². The molecule has 1 aromatic heterocycles. The zero-order valence-corrected chi connectivity index (χ0v) is 17.1. The molecule has 1 amide bonds. The van der Waals surface area contributed by atoms with Crippen LogP contribution in [0.1, 0.15) is 42.9 Å². The van der Waals surface area contributed by atoms with Gasteiger partial charge in [0.25, 0.3) is 0 Å². The van der Waals surface area contributed by atoms with E-state index in [1.54, 1.807) is 18.5 Å². The summed E-state index contributed by atoms with van der Waals surface area (Å²) < 4.78 is 29.3. The Morgan fingerprint density at radius 1 is 1.19 bits per heavy atom. The summed E-state index contributed by atoms with van der Waals surface area (Å²) >= 11 is 0. The van der Waals surface area contributed by atoms with Gasteiger partial charge in [0.05, 0.1) is 28.7 Å². The van der Waals surface area contributed by atoms with Gasteiger partial charge >= 0.3 is 0 Å². The van der Waals surface area contributed by atoms with Crippen molar-refractivity contribution in [3.8, 4) is 6.07 Å². The predicted octanol–water partition coefficient (Wildman–Crippen LogP) is 4.32. The molecule has 3 aliphatic carbocycles. The molecular formula is C24H19F2N5O. The molecule has 2 aromatic carbocycles. The first-order chi connectivity index (χ1) is 15.4. The number of hydrogen-bond acceptors (Lipinski definition) is 4. The molecule has 0 saturated heterocycles. The average Bonchev–Trinajstić information content (AvgIpc) is 3.35. The fourth-order valence-corrected chi connectivity index (χ4v) is 5.96. The monoisotopic (exact) mass is 431 g/mol. The van der Waals surface area contributed by atoms with E-state index in [1.165, 1.54) is 17.1 Å². The van der Waals surface area contributed by atoms with E-state index in [4.69, 9.17) is 0 Å². The van der Waals surface area contributed by atoms with Crippen molar-refractivity contribution in [3.05, 3.63) is 65.4 Å². The molecular weight excluding hydrogens is 412 g/mol. The van der Waals surface area contributed by atoms with Crippen molar-refractivity contribution in [1.29, 1.82) is 5.26 Å². The number of benzene rings is 2. The first-order valence-corrected chi connectivity index (χ1v) is 10.6. The predicted molar refractivity (Wildman–Crippen MR) is 112 cm³/mol. The molecule has 3 saturated carbocycles. The summed E-state index contributed by atoms with van der Waals surface area (Å²) in [6, 6.07) is 10.7. The molecule has 3 fully saturated rings. The van der Waals surface area contributed by atoms with Crippen molar-refractivity contribution in [2.24, 2.45) is 15.9 Å². The van der Waals surface area contributed by atoms with E-state index in [0.29, 0.717) is 24.1 Å². The van der Waals surface area contributed by atoms with Crippen LogP contribution in [-0.2, 0) is 11.3 Å². The number of nitriles is 1. The Balaban J connectivity index is 1.20. The number of fused-ring (bicyclic) bond motifs is 1. The summed E-state index contributed by atoms with van der Waals surface area (Å²) in [6.45, 7) is 0.659. The van der Waals surface area contributed by atoms with Crippen LogP contribution in [0.2, 0.25) is 0 Å². The highest BCUT2D eigenvalue weighted by Gasteiger charge is 2.72. The Morgan fingerprint density at radius 2 is 1.94 bits per heavy atom. The average molecular weight is 431 g/mol. The summed E-state index contributed by atoms with van der Waals surface area (Å²) in [6.07, 6.45) is 6.02. The topological polar surface area (TPSA) is 74.3 Å². The summed E-state index contributed by atoms with van der Waals surface area (Å²) in [5.74, 6) is -1.40. The van der Waals surface area contributed by atoms with E-state index < -0.39 is 23.1 Å². The van der Waals surface area contributed by atoms with Crippen LogP contribution in [0.25, 0.3) is 10.9 Å². The highest BCUT2D eigenvalue weighted by Crippen LogP contribution is 2.74. The molecule has 0 radical (unpaired) electrons. The minimum atomic E-state index is -0.660. The largest absolute Gasteiger partial charge is 0.272 e. The van der Waals surface area contributed by atoms with E-state index in [-0.39, 0.29) is 11.3 Å². The number of amides is 1.